The quantitative estimate of drug-likeness (QED) is 0.886. The number of aliphatic hydroxyl groups is 1. The Morgan fingerprint density at radius 3 is 2.43 bits per heavy atom. The van der Waals surface area contributed by atoms with Gasteiger partial charge in [-0.15, -0.1) is 0 Å². The summed E-state index contributed by atoms with van der Waals surface area (Å²) in [6.45, 7) is 3.11. The number of rotatable bonds is 5. The van der Waals surface area contributed by atoms with Crippen molar-refractivity contribution in [3.05, 3.63) is 54.4 Å². The first-order chi connectivity index (χ1) is 11.2. The van der Waals surface area contributed by atoms with Crippen molar-refractivity contribution in [2.45, 2.75) is 25.5 Å². The number of benzene rings is 1. The van der Waals surface area contributed by atoms with E-state index in [-0.39, 0.29) is 12.0 Å². The van der Waals surface area contributed by atoms with Crippen molar-refractivity contribution in [1.29, 1.82) is 0 Å². The van der Waals surface area contributed by atoms with Crippen molar-refractivity contribution in [3.8, 4) is 0 Å². The Morgan fingerprint density at radius 2 is 1.78 bits per heavy atom. The van der Waals surface area contributed by atoms with Crippen LogP contribution in [0.5, 0.6) is 0 Å². The smallest absolute Gasteiger partial charge is 0.251 e. The molecule has 1 aromatic heterocycles. The third kappa shape index (κ3) is 4.13. The van der Waals surface area contributed by atoms with Crippen LogP contribution in [0, 0.1) is 0 Å². The van der Waals surface area contributed by atoms with Crippen molar-refractivity contribution in [2.24, 2.45) is 0 Å². The summed E-state index contributed by atoms with van der Waals surface area (Å²) in [5, 5.41) is 12.5. The van der Waals surface area contributed by atoms with E-state index in [9.17, 15) is 9.90 Å². The van der Waals surface area contributed by atoms with Crippen LogP contribution >= 0.6 is 0 Å². The van der Waals surface area contributed by atoms with Gasteiger partial charge in [-0.3, -0.25) is 4.79 Å². The lowest BCUT2D eigenvalue weighted by atomic mass is 10.1. The van der Waals surface area contributed by atoms with Gasteiger partial charge in [0.05, 0.1) is 6.10 Å². The minimum Gasteiger partial charge on any atom is -0.393 e. The molecule has 1 aliphatic rings. The van der Waals surface area contributed by atoms with Gasteiger partial charge in [-0.2, -0.15) is 0 Å². The van der Waals surface area contributed by atoms with Gasteiger partial charge in [0.1, 0.15) is 0 Å². The molecule has 1 saturated heterocycles. The lowest BCUT2D eigenvalue weighted by Crippen LogP contribution is -2.35. The first kappa shape index (κ1) is 15.6. The molecule has 5 heteroatoms. The predicted molar refractivity (Wildman–Crippen MR) is 90.7 cm³/mol. The van der Waals surface area contributed by atoms with Crippen molar-refractivity contribution < 1.29 is 9.90 Å². The maximum atomic E-state index is 12.1. The highest BCUT2D eigenvalue weighted by Crippen LogP contribution is 2.20. The zero-order chi connectivity index (χ0) is 16.1. The van der Waals surface area contributed by atoms with Gasteiger partial charge in [-0.25, -0.2) is 0 Å². The van der Waals surface area contributed by atoms with E-state index in [2.05, 4.69) is 10.2 Å². The highest BCUT2D eigenvalue weighted by Gasteiger charge is 2.17. The Balaban J connectivity index is 1.51. The topological polar surface area (TPSA) is 57.5 Å². The number of aromatic nitrogens is 1. The number of carbonyl (C=O) groups excluding carboxylic acids is 1. The van der Waals surface area contributed by atoms with Crippen molar-refractivity contribution in [2.75, 3.05) is 24.5 Å². The van der Waals surface area contributed by atoms with E-state index in [0.29, 0.717) is 12.1 Å². The van der Waals surface area contributed by atoms with E-state index < -0.39 is 0 Å². The second-order valence-electron chi connectivity index (χ2n) is 5.94. The minimum absolute atomic E-state index is 0.0437. The second-order valence-corrected chi connectivity index (χ2v) is 5.94. The summed E-state index contributed by atoms with van der Waals surface area (Å²) in [7, 11) is 0. The molecule has 2 N–H and O–H groups in total. The summed E-state index contributed by atoms with van der Waals surface area (Å²) in [6, 6.07) is 11.6. The molecule has 122 valence electrons. The summed E-state index contributed by atoms with van der Waals surface area (Å²) < 4.78 is 2.04. The third-order valence-corrected chi connectivity index (χ3v) is 4.28. The molecule has 2 aromatic rings. The van der Waals surface area contributed by atoms with Crippen LogP contribution in [0.25, 0.3) is 0 Å². The van der Waals surface area contributed by atoms with Gasteiger partial charge in [-0.05, 0) is 49.2 Å². The maximum absolute atomic E-state index is 12.1. The highest BCUT2D eigenvalue weighted by atomic mass is 16.3. The van der Waals surface area contributed by atoms with Gasteiger partial charge in [-0.1, -0.05) is 0 Å². The zero-order valence-electron chi connectivity index (χ0n) is 13.2. The largest absolute Gasteiger partial charge is 0.393 e. The molecule has 0 unspecified atom stereocenters. The number of nitrogens with zero attached hydrogens (tertiary/aromatic N) is 2. The van der Waals surface area contributed by atoms with Crippen LogP contribution < -0.4 is 10.2 Å². The molecule has 0 spiro atoms. The molecule has 0 aliphatic carbocycles. The average Bonchev–Trinajstić information content (AvgIpc) is 3.09. The Morgan fingerprint density at radius 1 is 1.13 bits per heavy atom. The Hall–Kier alpha value is -2.27. The Bertz CT molecular complexity index is 614. The lowest BCUT2D eigenvalue weighted by Gasteiger charge is -2.31. The molecule has 0 atom stereocenters. The maximum Gasteiger partial charge on any atom is 0.251 e. The van der Waals surface area contributed by atoms with E-state index in [1.165, 1.54) is 0 Å². The van der Waals surface area contributed by atoms with Crippen molar-refractivity contribution in [3.63, 3.8) is 0 Å². The number of carbonyl (C=O) groups is 1. The molecule has 5 nitrogen and oxygen atoms in total. The van der Waals surface area contributed by atoms with E-state index in [1.54, 1.807) is 0 Å². The fraction of sp³-hybridized carbons (Fsp3) is 0.389. The summed E-state index contributed by atoms with van der Waals surface area (Å²) >= 11 is 0. The van der Waals surface area contributed by atoms with Crippen molar-refractivity contribution >= 4 is 11.6 Å². The molecule has 0 saturated carbocycles. The number of aliphatic hydroxyl groups excluding tert-OH is 1. The SMILES string of the molecule is O=C(NCCn1cccc1)c1ccc(N2CCC(O)CC2)cc1. The summed E-state index contributed by atoms with van der Waals surface area (Å²) in [5.74, 6) is -0.0437. The number of amides is 1. The third-order valence-electron chi connectivity index (χ3n) is 4.28. The van der Waals surface area contributed by atoms with Gasteiger partial charge < -0.3 is 19.9 Å². The molecule has 23 heavy (non-hydrogen) atoms. The van der Waals surface area contributed by atoms with E-state index >= 15 is 0 Å². The van der Waals surface area contributed by atoms with Crippen LogP contribution in [0.1, 0.15) is 23.2 Å². The lowest BCUT2D eigenvalue weighted by molar-refractivity contribution is 0.0952. The Labute approximate surface area is 136 Å². The van der Waals surface area contributed by atoms with Gasteiger partial charge in [0.2, 0.25) is 0 Å². The monoisotopic (exact) mass is 313 g/mol. The van der Waals surface area contributed by atoms with Gasteiger partial charge in [0, 0.05) is 49.8 Å². The number of hydrogen-bond donors (Lipinski definition) is 2. The fourth-order valence-electron chi connectivity index (χ4n) is 2.87. The molecule has 3 rings (SSSR count). The van der Waals surface area contributed by atoms with E-state index in [4.69, 9.17) is 0 Å². The van der Waals surface area contributed by atoms with Gasteiger partial charge >= 0.3 is 0 Å². The van der Waals surface area contributed by atoms with Crippen LogP contribution in [-0.2, 0) is 6.54 Å². The average molecular weight is 313 g/mol. The molecule has 0 bridgehead atoms. The molecule has 0 radical (unpaired) electrons. The molecule has 1 amide bonds. The molecule has 1 aliphatic heterocycles. The number of hydrogen-bond acceptors (Lipinski definition) is 3. The molecule has 2 heterocycles. The normalized spacial score (nSPS) is 15.6. The van der Waals surface area contributed by atoms with Gasteiger partial charge in [0.25, 0.3) is 5.91 Å². The number of anilines is 1. The zero-order valence-corrected chi connectivity index (χ0v) is 13.2. The van der Waals surface area contributed by atoms with Crippen LogP contribution in [0.15, 0.2) is 48.8 Å². The molecule has 1 aromatic carbocycles. The van der Waals surface area contributed by atoms with Gasteiger partial charge in [0.15, 0.2) is 0 Å². The molecular formula is C18H23N3O2. The first-order valence-electron chi connectivity index (χ1n) is 8.14. The number of piperidine rings is 1. The molecule has 1 fully saturated rings. The second kappa shape index (κ2) is 7.33. The van der Waals surface area contributed by atoms with Crippen LogP contribution in [0.2, 0.25) is 0 Å². The van der Waals surface area contributed by atoms with Crippen LogP contribution in [0.3, 0.4) is 0 Å². The summed E-state index contributed by atoms with van der Waals surface area (Å²) in [5.41, 5.74) is 1.79. The van der Waals surface area contributed by atoms with Crippen molar-refractivity contribution in [1.82, 2.24) is 9.88 Å². The standard InChI is InChI=1S/C18H23N3O2/c22-17-7-12-21(13-8-17)16-5-3-15(4-6-16)18(23)19-9-14-20-10-1-2-11-20/h1-6,10-11,17,22H,7-9,12-14H2,(H,19,23). The summed E-state index contributed by atoms with van der Waals surface area (Å²) in [6.07, 6.45) is 5.41. The predicted octanol–water partition coefficient (Wildman–Crippen LogP) is 1.88. The summed E-state index contributed by atoms with van der Waals surface area (Å²) in [4.78, 5) is 14.4. The molecular weight excluding hydrogens is 290 g/mol. The number of nitrogens with one attached hydrogen (secondary N) is 1. The Kier molecular flexibility index (Phi) is 4.98. The fourth-order valence-corrected chi connectivity index (χ4v) is 2.87. The van der Waals surface area contributed by atoms with E-state index in [1.807, 2.05) is 53.4 Å². The van der Waals surface area contributed by atoms with Crippen LogP contribution in [0.4, 0.5) is 5.69 Å². The van der Waals surface area contributed by atoms with Crippen LogP contribution in [-0.4, -0.2) is 41.3 Å². The first-order valence-corrected chi connectivity index (χ1v) is 8.14. The highest BCUT2D eigenvalue weighted by molar-refractivity contribution is 5.94. The van der Waals surface area contributed by atoms with E-state index in [0.717, 1.165) is 38.2 Å². The minimum atomic E-state index is -0.170.